The standard InChI is InChI=1S/C20H30N6/c1-15(2)24-20-22-12-17(13-23-20)19-21-8-11-26(19)14-16-6-5-10-25-9-4-3-7-18(16)25/h8,11-13,15-16,18H,3-7,9-10,14H2,1-2H3,(H,22,23,24)/t16-,18+/m0/s1. The van der Waals surface area contributed by atoms with Crippen LogP contribution in [0.1, 0.15) is 46.0 Å². The van der Waals surface area contributed by atoms with Gasteiger partial charge in [0.1, 0.15) is 5.82 Å². The lowest BCUT2D eigenvalue weighted by molar-refractivity contribution is 0.0521. The van der Waals surface area contributed by atoms with Crippen LogP contribution in [0.4, 0.5) is 5.95 Å². The highest BCUT2D eigenvalue weighted by molar-refractivity contribution is 5.53. The lowest BCUT2D eigenvalue weighted by Crippen LogP contribution is -2.49. The molecule has 2 aliphatic heterocycles. The van der Waals surface area contributed by atoms with Gasteiger partial charge in [0.05, 0.1) is 5.56 Å². The summed E-state index contributed by atoms with van der Waals surface area (Å²) in [6.45, 7) is 7.79. The van der Waals surface area contributed by atoms with Crippen molar-refractivity contribution in [3.63, 3.8) is 0 Å². The largest absolute Gasteiger partial charge is 0.352 e. The van der Waals surface area contributed by atoms with Gasteiger partial charge in [-0.15, -0.1) is 0 Å². The summed E-state index contributed by atoms with van der Waals surface area (Å²) >= 11 is 0. The molecule has 1 N–H and O–H groups in total. The fourth-order valence-corrected chi connectivity index (χ4v) is 4.54. The number of nitrogens with one attached hydrogen (secondary N) is 1. The molecular weight excluding hydrogens is 324 g/mol. The van der Waals surface area contributed by atoms with Crippen LogP contribution < -0.4 is 5.32 Å². The summed E-state index contributed by atoms with van der Waals surface area (Å²) in [6.07, 6.45) is 14.5. The molecule has 0 unspecified atom stereocenters. The van der Waals surface area contributed by atoms with Crippen molar-refractivity contribution in [2.75, 3.05) is 18.4 Å². The second-order valence-corrected chi connectivity index (χ2v) is 8.00. The monoisotopic (exact) mass is 354 g/mol. The molecule has 2 aromatic heterocycles. The Hall–Kier alpha value is -1.95. The zero-order chi connectivity index (χ0) is 17.9. The number of aromatic nitrogens is 4. The third-order valence-corrected chi connectivity index (χ3v) is 5.70. The molecule has 2 aliphatic rings. The predicted octanol–water partition coefficient (Wildman–Crippen LogP) is 3.42. The second kappa shape index (κ2) is 7.74. The molecule has 0 amide bonds. The van der Waals surface area contributed by atoms with Crippen LogP contribution in [0.25, 0.3) is 11.4 Å². The average molecular weight is 355 g/mol. The van der Waals surface area contributed by atoms with Gasteiger partial charge in [0.25, 0.3) is 0 Å². The van der Waals surface area contributed by atoms with E-state index in [4.69, 9.17) is 0 Å². The highest BCUT2D eigenvalue weighted by Gasteiger charge is 2.33. The number of rotatable bonds is 5. The van der Waals surface area contributed by atoms with Crippen molar-refractivity contribution in [2.24, 2.45) is 5.92 Å². The smallest absolute Gasteiger partial charge is 0.222 e. The Morgan fingerprint density at radius 3 is 2.69 bits per heavy atom. The summed E-state index contributed by atoms with van der Waals surface area (Å²) in [5.41, 5.74) is 0.987. The van der Waals surface area contributed by atoms with E-state index in [1.54, 1.807) is 0 Å². The summed E-state index contributed by atoms with van der Waals surface area (Å²) in [7, 11) is 0. The van der Waals surface area contributed by atoms with Crippen LogP contribution in [-0.4, -0.2) is 49.6 Å². The first-order valence-electron chi connectivity index (χ1n) is 10.0. The highest BCUT2D eigenvalue weighted by atomic mass is 15.2. The lowest BCUT2D eigenvalue weighted by Gasteiger charge is -2.44. The van der Waals surface area contributed by atoms with E-state index in [0.29, 0.717) is 12.0 Å². The molecule has 0 saturated carbocycles. The van der Waals surface area contributed by atoms with Gasteiger partial charge in [-0.05, 0) is 58.5 Å². The topological polar surface area (TPSA) is 58.9 Å². The minimum atomic E-state index is 0.326. The van der Waals surface area contributed by atoms with Crippen LogP contribution in [0.15, 0.2) is 24.8 Å². The Morgan fingerprint density at radius 2 is 1.88 bits per heavy atom. The zero-order valence-electron chi connectivity index (χ0n) is 15.9. The number of hydrogen-bond donors (Lipinski definition) is 1. The van der Waals surface area contributed by atoms with Crippen LogP contribution in [0.5, 0.6) is 0 Å². The molecule has 6 nitrogen and oxygen atoms in total. The number of imidazole rings is 1. The summed E-state index contributed by atoms with van der Waals surface area (Å²) in [6, 6.07) is 1.08. The minimum absolute atomic E-state index is 0.326. The van der Waals surface area contributed by atoms with E-state index in [1.807, 2.05) is 18.6 Å². The number of piperidine rings is 2. The minimum Gasteiger partial charge on any atom is -0.352 e. The van der Waals surface area contributed by atoms with Crippen molar-refractivity contribution in [3.8, 4) is 11.4 Å². The van der Waals surface area contributed by atoms with Gasteiger partial charge in [0.15, 0.2) is 0 Å². The van der Waals surface area contributed by atoms with Crippen molar-refractivity contribution in [2.45, 2.75) is 64.6 Å². The van der Waals surface area contributed by atoms with Gasteiger partial charge in [0.2, 0.25) is 5.95 Å². The van der Waals surface area contributed by atoms with E-state index in [-0.39, 0.29) is 0 Å². The van der Waals surface area contributed by atoms with Gasteiger partial charge in [-0.1, -0.05) is 6.42 Å². The normalized spacial score (nSPS) is 23.8. The number of hydrogen-bond acceptors (Lipinski definition) is 5. The predicted molar refractivity (Wildman–Crippen MR) is 104 cm³/mol. The van der Waals surface area contributed by atoms with Gasteiger partial charge in [-0.2, -0.15) is 0 Å². The molecule has 0 bridgehead atoms. The summed E-state index contributed by atoms with van der Waals surface area (Å²) < 4.78 is 2.30. The number of fused-ring (bicyclic) bond motifs is 1. The fourth-order valence-electron chi connectivity index (χ4n) is 4.54. The maximum absolute atomic E-state index is 4.60. The van der Waals surface area contributed by atoms with Crippen LogP contribution in [0.2, 0.25) is 0 Å². The Bertz CT molecular complexity index is 705. The molecular formula is C20H30N6. The van der Waals surface area contributed by atoms with Crippen molar-refractivity contribution >= 4 is 5.95 Å². The number of anilines is 1. The van der Waals surface area contributed by atoms with Gasteiger partial charge >= 0.3 is 0 Å². The molecule has 140 valence electrons. The Labute approximate surface area is 156 Å². The first kappa shape index (κ1) is 17.5. The highest BCUT2D eigenvalue weighted by Crippen LogP contribution is 2.32. The third kappa shape index (κ3) is 3.75. The van der Waals surface area contributed by atoms with E-state index < -0.39 is 0 Å². The van der Waals surface area contributed by atoms with E-state index in [0.717, 1.165) is 29.9 Å². The van der Waals surface area contributed by atoms with E-state index in [1.165, 1.54) is 45.2 Å². The molecule has 4 rings (SSSR count). The molecule has 2 atom stereocenters. The molecule has 0 radical (unpaired) electrons. The molecule has 2 saturated heterocycles. The quantitative estimate of drug-likeness (QED) is 0.891. The molecule has 26 heavy (non-hydrogen) atoms. The van der Waals surface area contributed by atoms with Gasteiger partial charge < -0.3 is 14.8 Å². The first-order chi connectivity index (χ1) is 12.7. The first-order valence-corrected chi connectivity index (χ1v) is 10.0. The van der Waals surface area contributed by atoms with Crippen LogP contribution >= 0.6 is 0 Å². The average Bonchev–Trinajstić information content (AvgIpc) is 3.10. The SMILES string of the molecule is CC(C)Nc1ncc(-c2nccn2C[C@@H]2CCCN3CCCC[C@H]23)cn1. The fraction of sp³-hybridized carbons (Fsp3) is 0.650. The molecule has 0 spiro atoms. The van der Waals surface area contributed by atoms with E-state index in [2.05, 4.69) is 49.8 Å². The van der Waals surface area contributed by atoms with Crippen LogP contribution in [0.3, 0.4) is 0 Å². The van der Waals surface area contributed by atoms with Crippen molar-refractivity contribution in [3.05, 3.63) is 24.8 Å². The molecule has 6 heteroatoms. The molecule has 4 heterocycles. The van der Waals surface area contributed by atoms with Gasteiger partial charge in [0, 0.05) is 43.4 Å². The summed E-state index contributed by atoms with van der Waals surface area (Å²) in [5, 5.41) is 3.23. The van der Waals surface area contributed by atoms with Crippen LogP contribution in [0, 0.1) is 5.92 Å². The molecule has 2 aromatic rings. The maximum atomic E-state index is 4.60. The molecule has 2 fully saturated rings. The third-order valence-electron chi connectivity index (χ3n) is 5.70. The van der Waals surface area contributed by atoms with Crippen molar-refractivity contribution in [1.82, 2.24) is 24.4 Å². The zero-order valence-corrected chi connectivity index (χ0v) is 15.9. The summed E-state index contributed by atoms with van der Waals surface area (Å²) in [4.78, 5) is 16.2. The Morgan fingerprint density at radius 1 is 1.08 bits per heavy atom. The second-order valence-electron chi connectivity index (χ2n) is 8.00. The summed E-state index contributed by atoms with van der Waals surface area (Å²) in [5.74, 6) is 2.38. The Balaban J connectivity index is 1.50. The number of nitrogens with zero attached hydrogens (tertiary/aromatic N) is 5. The maximum Gasteiger partial charge on any atom is 0.222 e. The molecule has 0 aliphatic carbocycles. The van der Waals surface area contributed by atoms with Crippen molar-refractivity contribution < 1.29 is 0 Å². The lowest BCUT2D eigenvalue weighted by atomic mass is 9.83. The molecule has 0 aromatic carbocycles. The van der Waals surface area contributed by atoms with E-state index in [9.17, 15) is 0 Å². The van der Waals surface area contributed by atoms with Crippen molar-refractivity contribution in [1.29, 1.82) is 0 Å². The Kier molecular flexibility index (Phi) is 5.20. The van der Waals surface area contributed by atoms with Crippen LogP contribution in [-0.2, 0) is 6.54 Å². The van der Waals surface area contributed by atoms with Gasteiger partial charge in [-0.3, -0.25) is 0 Å². The van der Waals surface area contributed by atoms with E-state index >= 15 is 0 Å². The van der Waals surface area contributed by atoms with Gasteiger partial charge in [-0.25, -0.2) is 15.0 Å².